The molecule has 0 aliphatic carbocycles. The summed E-state index contributed by atoms with van der Waals surface area (Å²) in [7, 11) is 0. The Morgan fingerprint density at radius 2 is 1.62 bits per heavy atom. The summed E-state index contributed by atoms with van der Waals surface area (Å²) >= 11 is 4.88. The van der Waals surface area contributed by atoms with Gasteiger partial charge in [-0.3, -0.25) is 4.79 Å². The van der Waals surface area contributed by atoms with Crippen LogP contribution in [0.4, 0.5) is 10.2 Å². The fraction of sp³-hybridized carbons (Fsp3) is 0.138. The Morgan fingerprint density at radius 1 is 0.946 bits per heavy atom. The second kappa shape index (κ2) is 10.3. The van der Waals surface area contributed by atoms with E-state index in [1.807, 2.05) is 23.9 Å². The highest BCUT2D eigenvalue weighted by molar-refractivity contribution is 8.00. The molecule has 0 saturated heterocycles. The van der Waals surface area contributed by atoms with Crippen LogP contribution in [0.5, 0.6) is 0 Å². The SMILES string of the molecule is Nc1nc(SCC(=O)c2ccc(F)cc2)nc2sc3c(c12)C[C@H](c1ccccc1)S[C@H]3c1ccccc1. The molecule has 0 unspecified atom stereocenters. The van der Waals surface area contributed by atoms with Gasteiger partial charge in [0.05, 0.1) is 16.4 Å². The maximum atomic E-state index is 13.2. The number of benzene rings is 3. The molecule has 0 fully saturated rings. The Labute approximate surface area is 226 Å². The highest BCUT2D eigenvalue weighted by atomic mass is 32.2. The third kappa shape index (κ3) is 4.89. The zero-order chi connectivity index (χ0) is 25.4. The fourth-order valence-corrected chi connectivity index (χ4v) is 8.41. The second-order valence-electron chi connectivity index (χ2n) is 8.77. The van der Waals surface area contributed by atoms with Gasteiger partial charge in [0.2, 0.25) is 0 Å². The molecule has 0 radical (unpaired) electrons. The van der Waals surface area contributed by atoms with E-state index in [9.17, 15) is 9.18 Å². The Bertz CT molecular complexity index is 1570. The van der Waals surface area contributed by atoms with Crippen LogP contribution >= 0.6 is 34.9 Å². The highest BCUT2D eigenvalue weighted by Crippen LogP contribution is 2.55. The maximum Gasteiger partial charge on any atom is 0.191 e. The summed E-state index contributed by atoms with van der Waals surface area (Å²) in [5, 5.41) is 1.86. The van der Waals surface area contributed by atoms with E-state index < -0.39 is 0 Å². The quantitative estimate of drug-likeness (QED) is 0.136. The molecule has 0 spiro atoms. The zero-order valence-corrected chi connectivity index (χ0v) is 22.1. The van der Waals surface area contributed by atoms with Crippen LogP contribution in [-0.4, -0.2) is 21.5 Å². The summed E-state index contributed by atoms with van der Waals surface area (Å²) < 4.78 is 13.2. The van der Waals surface area contributed by atoms with E-state index >= 15 is 0 Å². The van der Waals surface area contributed by atoms with E-state index in [4.69, 9.17) is 10.7 Å². The molecule has 0 saturated carbocycles. The molecule has 3 heterocycles. The van der Waals surface area contributed by atoms with Crippen molar-refractivity contribution < 1.29 is 9.18 Å². The molecule has 0 amide bonds. The number of carbonyl (C=O) groups excluding carboxylic acids is 1. The number of aromatic nitrogens is 2. The highest BCUT2D eigenvalue weighted by Gasteiger charge is 2.34. The van der Waals surface area contributed by atoms with Gasteiger partial charge in [0.15, 0.2) is 10.9 Å². The van der Waals surface area contributed by atoms with Gasteiger partial charge in [-0.1, -0.05) is 72.4 Å². The molecule has 2 atom stereocenters. The number of carbonyl (C=O) groups is 1. The smallest absolute Gasteiger partial charge is 0.191 e. The van der Waals surface area contributed by atoms with Crippen molar-refractivity contribution in [1.29, 1.82) is 0 Å². The van der Waals surface area contributed by atoms with Gasteiger partial charge in [-0.25, -0.2) is 14.4 Å². The minimum Gasteiger partial charge on any atom is -0.383 e. The number of hydrogen-bond acceptors (Lipinski definition) is 7. The van der Waals surface area contributed by atoms with Gasteiger partial charge in [-0.2, -0.15) is 0 Å². The minimum atomic E-state index is -0.367. The van der Waals surface area contributed by atoms with Gasteiger partial charge >= 0.3 is 0 Å². The molecule has 3 aromatic carbocycles. The summed E-state index contributed by atoms with van der Waals surface area (Å²) in [4.78, 5) is 24.1. The molecule has 0 bridgehead atoms. The number of rotatable bonds is 6. The normalized spacial score (nSPS) is 17.0. The van der Waals surface area contributed by atoms with Crippen molar-refractivity contribution in [3.05, 3.63) is 118 Å². The first-order valence-electron chi connectivity index (χ1n) is 11.8. The van der Waals surface area contributed by atoms with Gasteiger partial charge < -0.3 is 5.73 Å². The minimum absolute atomic E-state index is 0.107. The van der Waals surface area contributed by atoms with Crippen LogP contribution in [-0.2, 0) is 6.42 Å². The average Bonchev–Trinajstić information content (AvgIpc) is 3.31. The first-order chi connectivity index (χ1) is 18.1. The summed E-state index contributed by atoms with van der Waals surface area (Å²) in [6, 6.07) is 26.7. The van der Waals surface area contributed by atoms with Crippen LogP contribution in [0.25, 0.3) is 10.2 Å². The first-order valence-corrected chi connectivity index (χ1v) is 14.6. The molecular formula is C29H22FN3OS3. The number of nitrogens with two attached hydrogens (primary N) is 1. The van der Waals surface area contributed by atoms with Crippen LogP contribution in [0.1, 0.15) is 42.4 Å². The molecule has 184 valence electrons. The van der Waals surface area contributed by atoms with E-state index in [0.717, 1.165) is 16.6 Å². The van der Waals surface area contributed by atoms with Crippen molar-refractivity contribution in [2.24, 2.45) is 0 Å². The number of ketones is 1. The van der Waals surface area contributed by atoms with E-state index in [1.165, 1.54) is 57.6 Å². The third-order valence-corrected chi connectivity index (χ3v) is 10.1. The predicted molar refractivity (Wildman–Crippen MR) is 152 cm³/mol. The van der Waals surface area contributed by atoms with Crippen LogP contribution in [0, 0.1) is 5.82 Å². The largest absolute Gasteiger partial charge is 0.383 e. The lowest BCUT2D eigenvalue weighted by Crippen LogP contribution is -2.12. The maximum absolute atomic E-state index is 13.2. The second-order valence-corrected chi connectivity index (χ2v) is 12.1. The number of Topliss-reactive ketones (excluding diaryl/α,β-unsaturated/α-hetero) is 1. The lowest BCUT2D eigenvalue weighted by Gasteiger charge is -2.30. The summed E-state index contributed by atoms with van der Waals surface area (Å²) in [5.41, 5.74) is 10.8. The lowest BCUT2D eigenvalue weighted by atomic mass is 9.98. The van der Waals surface area contributed by atoms with Crippen molar-refractivity contribution in [2.45, 2.75) is 22.1 Å². The molecule has 6 rings (SSSR count). The summed E-state index contributed by atoms with van der Waals surface area (Å²) in [6.45, 7) is 0. The third-order valence-electron chi connectivity index (χ3n) is 6.39. The van der Waals surface area contributed by atoms with Crippen LogP contribution in [0.15, 0.2) is 90.1 Å². The Kier molecular flexibility index (Phi) is 6.71. The Balaban J connectivity index is 1.35. The number of halogens is 1. The van der Waals surface area contributed by atoms with Crippen molar-refractivity contribution >= 4 is 56.7 Å². The molecule has 2 N–H and O–H groups in total. The molecular weight excluding hydrogens is 522 g/mol. The molecule has 37 heavy (non-hydrogen) atoms. The fourth-order valence-electron chi connectivity index (χ4n) is 4.59. The average molecular weight is 544 g/mol. The summed E-state index contributed by atoms with van der Waals surface area (Å²) in [6.07, 6.45) is 0.858. The Hall–Kier alpha value is -3.20. The van der Waals surface area contributed by atoms with E-state index in [1.54, 1.807) is 11.3 Å². The van der Waals surface area contributed by atoms with Gasteiger partial charge in [0.25, 0.3) is 0 Å². The molecule has 1 aliphatic rings. The van der Waals surface area contributed by atoms with E-state index in [0.29, 0.717) is 21.8 Å². The van der Waals surface area contributed by atoms with Crippen molar-refractivity contribution in [3.63, 3.8) is 0 Å². The number of hydrogen-bond donors (Lipinski definition) is 1. The zero-order valence-electron chi connectivity index (χ0n) is 19.6. The Morgan fingerprint density at radius 3 is 2.32 bits per heavy atom. The standard InChI is InChI=1S/C29H22FN3OS3/c30-20-13-11-17(12-14-20)22(34)16-35-29-32-27(31)24-21-15-23(18-7-3-1-4-8-18)36-25(19-9-5-2-6-10-19)26(21)37-28(24)33-29/h1-14,23,25H,15-16H2,(H2,31,32,33)/t23-,25+/m1/s1. The number of fused-ring (bicyclic) bond motifs is 3. The molecule has 2 aromatic heterocycles. The van der Waals surface area contributed by atoms with Crippen molar-refractivity contribution in [3.8, 4) is 0 Å². The monoisotopic (exact) mass is 543 g/mol. The van der Waals surface area contributed by atoms with Gasteiger partial charge in [-0.05, 0) is 47.4 Å². The van der Waals surface area contributed by atoms with Crippen LogP contribution < -0.4 is 5.73 Å². The lowest BCUT2D eigenvalue weighted by molar-refractivity contribution is 0.102. The molecule has 1 aliphatic heterocycles. The number of nitrogen functional groups attached to an aromatic ring is 1. The molecule has 5 aromatic rings. The van der Waals surface area contributed by atoms with Gasteiger partial charge in [0.1, 0.15) is 16.5 Å². The van der Waals surface area contributed by atoms with Crippen LogP contribution in [0.3, 0.4) is 0 Å². The number of nitrogens with zero attached hydrogens (tertiary/aromatic N) is 2. The number of thiophene rings is 1. The van der Waals surface area contributed by atoms with Crippen molar-refractivity contribution in [1.82, 2.24) is 9.97 Å². The van der Waals surface area contributed by atoms with Gasteiger partial charge in [0, 0.05) is 15.7 Å². The number of thioether (sulfide) groups is 2. The molecule has 4 nitrogen and oxygen atoms in total. The first kappa shape index (κ1) is 24.2. The van der Waals surface area contributed by atoms with E-state index in [2.05, 4.69) is 53.5 Å². The van der Waals surface area contributed by atoms with Crippen LogP contribution in [0.2, 0.25) is 0 Å². The van der Waals surface area contributed by atoms with Crippen molar-refractivity contribution in [2.75, 3.05) is 11.5 Å². The predicted octanol–water partition coefficient (Wildman–Crippen LogP) is 7.51. The van der Waals surface area contributed by atoms with E-state index in [-0.39, 0.29) is 22.6 Å². The topological polar surface area (TPSA) is 68.9 Å². The van der Waals surface area contributed by atoms with Gasteiger partial charge in [-0.15, -0.1) is 23.1 Å². The molecule has 8 heteroatoms. The number of anilines is 1. The summed E-state index contributed by atoms with van der Waals surface area (Å²) in [5.74, 6) is 0.128.